The van der Waals surface area contributed by atoms with Gasteiger partial charge in [0.25, 0.3) is 0 Å². The Bertz CT molecular complexity index is 602. The van der Waals surface area contributed by atoms with Crippen molar-refractivity contribution in [3.05, 3.63) is 35.1 Å². The molecule has 0 atom stereocenters. The van der Waals surface area contributed by atoms with Gasteiger partial charge >= 0.3 is 0 Å². The van der Waals surface area contributed by atoms with Gasteiger partial charge < -0.3 is 9.47 Å². The fraction of sp³-hybridized carbons (Fsp3) is 0.333. The van der Waals surface area contributed by atoms with Gasteiger partial charge in [-0.15, -0.1) is 0 Å². The first-order valence-electron chi connectivity index (χ1n) is 6.43. The molecule has 1 heterocycles. The zero-order chi connectivity index (χ0) is 14.5. The summed E-state index contributed by atoms with van der Waals surface area (Å²) in [5.74, 6) is 1.97. The van der Waals surface area contributed by atoms with Crippen LogP contribution in [0.5, 0.6) is 11.5 Å². The van der Waals surface area contributed by atoms with Crippen LogP contribution >= 0.6 is 11.6 Å². The van der Waals surface area contributed by atoms with E-state index in [0.717, 1.165) is 29.8 Å². The normalized spacial score (nSPS) is 10.4. The van der Waals surface area contributed by atoms with Gasteiger partial charge in [-0.3, -0.25) is 0 Å². The first kappa shape index (κ1) is 14.6. The average Bonchev–Trinajstić information content (AvgIpc) is 2.46. The van der Waals surface area contributed by atoms with Crippen LogP contribution in [0.25, 0.3) is 11.4 Å². The topological polar surface area (TPSA) is 44.2 Å². The zero-order valence-corrected chi connectivity index (χ0v) is 12.6. The van der Waals surface area contributed by atoms with E-state index in [0.29, 0.717) is 16.7 Å². The molecule has 1 aromatic heterocycles. The number of hydrogen-bond acceptors (Lipinski definition) is 4. The number of hydrogen-bond donors (Lipinski definition) is 0. The quantitative estimate of drug-likeness (QED) is 0.787. The molecule has 0 radical (unpaired) electrons. The highest BCUT2D eigenvalue weighted by atomic mass is 35.5. The number of aryl methyl sites for hydroxylation is 1. The van der Waals surface area contributed by atoms with Crippen molar-refractivity contribution in [3.8, 4) is 22.9 Å². The van der Waals surface area contributed by atoms with Gasteiger partial charge in [0.2, 0.25) is 0 Å². The second kappa shape index (κ2) is 6.57. The van der Waals surface area contributed by atoms with Crippen molar-refractivity contribution in [3.63, 3.8) is 0 Å². The van der Waals surface area contributed by atoms with Crippen LogP contribution < -0.4 is 9.47 Å². The minimum absolute atomic E-state index is 0.434. The Morgan fingerprint density at radius 1 is 1.10 bits per heavy atom. The Labute approximate surface area is 123 Å². The molecule has 0 saturated carbocycles. The van der Waals surface area contributed by atoms with Gasteiger partial charge in [-0.2, -0.15) is 0 Å². The third kappa shape index (κ3) is 3.20. The lowest BCUT2D eigenvalue weighted by Crippen LogP contribution is -1.98. The van der Waals surface area contributed by atoms with Gasteiger partial charge in [0.15, 0.2) is 5.82 Å². The van der Waals surface area contributed by atoms with Crippen molar-refractivity contribution in [1.82, 2.24) is 9.97 Å². The van der Waals surface area contributed by atoms with E-state index in [-0.39, 0.29) is 0 Å². The summed E-state index contributed by atoms with van der Waals surface area (Å²) in [6.07, 6.45) is 1.86. The van der Waals surface area contributed by atoms with Crippen molar-refractivity contribution < 1.29 is 9.47 Å². The number of nitrogens with zero attached hydrogens (tertiary/aromatic N) is 2. The van der Waals surface area contributed by atoms with Crippen molar-refractivity contribution >= 4 is 11.6 Å². The van der Waals surface area contributed by atoms with Crippen LogP contribution in [-0.2, 0) is 6.42 Å². The highest BCUT2D eigenvalue weighted by Gasteiger charge is 2.12. The maximum absolute atomic E-state index is 6.08. The lowest BCUT2D eigenvalue weighted by Gasteiger charge is -2.10. The minimum Gasteiger partial charge on any atom is -0.497 e. The summed E-state index contributed by atoms with van der Waals surface area (Å²) in [5.41, 5.74) is 1.69. The molecule has 5 heteroatoms. The second-order valence-corrected chi connectivity index (χ2v) is 4.71. The average molecular weight is 293 g/mol. The van der Waals surface area contributed by atoms with Gasteiger partial charge in [-0.05, 0) is 30.7 Å². The van der Waals surface area contributed by atoms with Gasteiger partial charge in [0.05, 0.1) is 19.8 Å². The lowest BCUT2D eigenvalue weighted by atomic mass is 10.1. The number of rotatable bonds is 5. The molecule has 0 amide bonds. The smallest absolute Gasteiger partial charge is 0.164 e. The van der Waals surface area contributed by atoms with Crippen molar-refractivity contribution in [2.24, 2.45) is 0 Å². The number of methoxy groups -OCH3 is 2. The predicted octanol–water partition coefficient (Wildman–Crippen LogP) is 3.77. The summed E-state index contributed by atoms with van der Waals surface area (Å²) >= 11 is 6.08. The van der Waals surface area contributed by atoms with E-state index in [1.165, 1.54) is 0 Å². The van der Waals surface area contributed by atoms with Crippen LogP contribution in [-0.4, -0.2) is 24.2 Å². The molecule has 4 nitrogen and oxygen atoms in total. The summed E-state index contributed by atoms with van der Waals surface area (Å²) in [6.45, 7) is 2.10. The summed E-state index contributed by atoms with van der Waals surface area (Å²) in [4.78, 5) is 8.84. The number of ether oxygens (including phenoxy) is 2. The maximum atomic E-state index is 6.08. The van der Waals surface area contributed by atoms with Crippen LogP contribution in [0.15, 0.2) is 24.3 Å². The van der Waals surface area contributed by atoms with Gasteiger partial charge in [0.1, 0.15) is 16.7 Å². The van der Waals surface area contributed by atoms with E-state index in [9.17, 15) is 0 Å². The van der Waals surface area contributed by atoms with Crippen LogP contribution in [0.1, 0.15) is 19.0 Å². The Kier molecular flexibility index (Phi) is 4.79. The highest BCUT2D eigenvalue weighted by Crippen LogP contribution is 2.32. The molecule has 0 fully saturated rings. The molecule has 0 spiro atoms. The van der Waals surface area contributed by atoms with E-state index >= 15 is 0 Å². The molecule has 0 aliphatic carbocycles. The van der Waals surface area contributed by atoms with Gasteiger partial charge in [0, 0.05) is 5.69 Å². The molecule has 20 heavy (non-hydrogen) atoms. The summed E-state index contributed by atoms with van der Waals surface area (Å²) in [6, 6.07) is 7.30. The standard InChI is InChI=1S/C15H17ClN2O2/c1-4-5-10-8-14(16)18-15(17-10)12-9-11(19-2)6-7-13(12)20-3/h6-9H,4-5H2,1-3H3. The molecule has 106 valence electrons. The molecule has 0 aliphatic heterocycles. The SMILES string of the molecule is CCCc1cc(Cl)nc(-c2cc(OC)ccc2OC)n1. The summed E-state index contributed by atoms with van der Waals surface area (Å²) in [7, 11) is 3.23. The van der Waals surface area contributed by atoms with Crippen LogP contribution in [0.2, 0.25) is 5.15 Å². The second-order valence-electron chi connectivity index (χ2n) is 4.32. The van der Waals surface area contributed by atoms with E-state index in [2.05, 4.69) is 16.9 Å². The lowest BCUT2D eigenvalue weighted by molar-refractivity contribution is 0.404. The number of halogens is 1. The van der Waals surface area contributed by atoms with E-state index in [1.54, 1.807) is 20.3 Å². The molecule has 0 saturated heterocycles. The molecule has 0 aliphatic rings. The molecular formula is C15H17ClN2O2. The Morgan fingerprint density at radius 2 is 1.90 bits per heavy atom. The Balaban J connectivity index is 2.54. The number of aromatic nitrogens is 2. The predicted molar refractivity (Wildman–Crippen MR) is 79.6 cm³/mol. The van der Waals surface area contributed by atoms with E-state index < -0.39 is 0 Å². The van der Waals surface area contributed by atoms with Crippen molar-refractivity contribution in [1.29, 1.82) is 0 Å². The van der Waals surface area contributed by atoms with Gasteiger partial charge in [-0.1, -0.05) is 24.9 Å². The minimum atomic E-state index is 0.434. The Morgan fingerprint density at radius 3 is 2.55 bits per heavy atom. The highest BCUT2D eigenvalue weighted by molar-refractivity contribution is 6.29. The monoisotopic (exact) mass is 292 g/mol. The fourth-order valence-corrected chi connectivity index (χ4v) is 2.16. The first-order valence-corrected chi connectivity index (χ1v) is 6.81. The van der Waals surface area contributed by atoms with Crippen molar-refractivity contribution in [2.75, 3.05) is 14.2 Å². The van der Waals surface area contributed by atoms with Crippen LogP contribution in [0, 0.1) is 0 Å². The van der Waals surface area contributed by atoms with E-state index in [4.69, 9.17) is 21.1 Å². The van der Waals surface area contributed by atoms with E-state index in [1.807, 2.05) is 18.2 Å². The van der Waals surface area contributed by atoms with Gasteiger partial charge in [-0.25, -0.2) is 9.97 Å². The third-order valence-corrected chi connectivity index (χ3v) is 3.10. The van der Waals surface area contributed by atoms with Crippen LogP contribution in [0.4, 0.5) is 0 Å². The zero-order valence-electron chi connectivity index (χ0n) is 11.8. The van der Waals surface area contributed by atoms with Crippen LogP contribution in [0.3, 0.4) is 0 Å². The molecule has 1 aromatic carbocycles. The molecule has 2 rings (SSSR count). The Hall–Kier alpha value is -1.81. The third-order valence-electron chi connectivity index (χ3n) is 2.90. The summed E-state index contributed by atoms with van der Waals surface area (Å²) in [5, 5.41) is 0.434. The molecule has 0 unspecified atom stereocenters. The molecule has 0 N–H and O–H groups in total. The molecule has 0 bridgehead atoms. The first-order chi connectivity index (χ1) is 9.67. The van der Waals surface area contributed by atoms with Crippen molar-refractivity contribution in [2.45, 2.75) is 19.8 Å². The fourth-order valence-electron chi connectivity index (χ4n) is 1.96. The maximum Gasteiger partial charge on any atom is 0.164 e. The molecular weight excluding hydrogens is 276 g/mol. The summed E-state index contributed by atoms with van der Waals surface area (Å²) < 4.78 is 10.6. The molecule has 2 aromatic rings. The number of benzene rings is 1. The largest absolute Gasteiger partial charge is 0.497 e.